The first-order valence-corrected chi connectivity index (χ1v) is 9.04. The van der Waals surface area contributed by atoms with Gasteiger partial charge in [-0.3, -0.25) is 9.59 Å². The second-order valence-electron chi connectivity index (χ2n) is 5.66. The summed E-state index contributed by atoms with van der Waals surface area (Å²) in [5.41, 5.74) is 0. The molecule has 0 aliphatic rings. The number of carbonyl (C=O) groups is 4. The van der Waals surface area contributed by atoms with Gasteiger partial charge in [0.15, 0.2) is 0 Å². The van der Waals surface area contributed by atoms with E-state index in [-0.39, 0.29) is 37.7 Å². The minimum atomic E-state index is -1.39. The monoisotopic (exact) mass is 414 g/mol. The summed E-state index contributed by atoms with van der Waals surface area (Å²) in [4.78, 5) is 41.2. The maximum absolute atomic E-state index is 10.6. The van der Waals surface area contributed by atoms with Crippen LogP contribution < -0.4 is 10.2 Å². The predicted octanol–water partition coefficient (Wildman–Crippen LogP) is 0.119. The molecule has 0 N–H and O–H groups in total. The van der Waals surface area contributed by atoms with Crippen molar-refractivity contribution in [1.82, 2.24) is 0 Å². The van der Waals surface area contributed by atoms with Crippen molar-refractivity contribution in [3.05, 3.63) is 0 Å². The molecular formula is C18H30CaO8. The van der Waals surface area contributed by atoms with Gasteiger partial charge in [-0.2, -0.15) is 0 Å². The number of esters is 2. The Bertz CT molecular complexity index is 374. The average Bonchev–Trinajstić information content (AvgIpc) is 2.53. The minimum absolute atomic E-state index is 0. The van der Waals surface area contributed by atoms with Gasteiger partial charge in [0.2, 0.25) is 0 Å². The molecule has 9 heteroatoms. The van der Waals surface area contributed by atoms with Crippen LogP contribution >= 0.6 is 0 Å². The largest absolute Gasteiger partial charge is 2.00 e. The Kier molecular flexibility index (Phi) is 26.5. The van der Waals surface area contributed by atoms with Crippen molar-refractivity contribution in [2.75, 3.05) is 13.2 Å². The van der Waals surface area contributed by atoms with E-state index in [9.17, 15) is 29.4 Å². The fraction of sp³-hybridized carbons (Fsp3) is 0.778. The number of hydrogen-bond donors (Lipinski definition) is 0. The van der Waals surface area contributed by atoms with Crippen molar-refractivity contribution < 1.29 is 38.9 Å². The van der Waals surface area contributed by atoms with E-state index in [1.165, 1.54) is 0 Å². The summed E-state index contributed by atoms with van der Waals surface area (Å²) in [5, 5.41) is 19.9. The average molecular weight is 415 g/mol. The SMILES string of the molecule is CCCCCCOC(=O)CC(=O)[O-].CCCCCCOC(=O)CC(=O)[O-].[Ca+2]. The second-order valence-corrected chi connectivity index (χ2v) is 5.66. The molecule has 8 nitrogen and oxygen atoms in total. The third kappa shape index (κ3) is 30.1. The molecule has 0 unspecified atom stereocenters. The predicted molar refractivity (Wildman–Crippen MR) is 95.2 cm³/mol. The van der Waals surface area contributed by atoms with Gasteiger partial charge in [-0.1, -0.05) is 52.4 Å². The van der Waals surface area contributed by atoms with E-state index in [0.717, 1.165) is 51.4 Å². The van der Waals surface area contributed by atoms with Crippen molar-refractivity contribution in [1.29, 1.82) is 0 Å². The Balaban J connectivity index is -0.000000411. The molecule has 0 heterocycles. The van der Waals surface area contributed by atoms with Crippen LogP contribution in [0.15, 0.2) is 0 Å². The molecule has 0 amide bonds. The van der Waals surface area contributed by atoms with E-state index >= 15 is 0 Å². The van der Waals surface area contributed by atoms with Gasteiger partial charge in [0.25, 0.3) is 0 Å². The molecule has 0 saturated heterocycles. The quantitative estimate of drug-likeness (QED) is 0.169. The van der Waals surface area contributed by atoms with Crippen molar-refractivity contribution in [2.45, 2.75) is 78.1 Å². The zero-order chi connectivity index (χ0) is 20.2. The van der Waals surface area contributed by atoms with Crippen LogP contribution in [0, 0.1) is 0 Å². The number of rotatable bonds is 14. The number of aliphatic carboxylic acids is 2. The summed E-state index contributed by atoms with van der Waals surface area (Å²) in [6, 6.07) is 0. The van der Waals surface area contributed by atoms with Gasteiger partial charge in [-0.15, -0.1) is 0 Å². The summed E-state index contributed by atoms with van der Waals surface area (Å²) in [6.07, 6.45) is 6.78. The first-order valence-electron chi connectivity index (χ1n) is 9.04. The number of ether oxygens (including phenoxy) is 2. The molecule has 0 spiro atoms. The van der Waals surface area contributed by atoms with Crippen LogP contribution in [0.4, 0.5) is 0 Å². The van der Waals surface area contributed by atoms with E-state index in [1.54, 1.807) is 0 Å². The molecule has 0 aliphatic heterocycles. The number of carboxylic acids is 2. The van der Waals surface area contributed by atoms with Crippen LogP contribution in [0.5, 0.6) is 0 Å². The summed E-state index contributed by atoms with van der Waals surface area (Å²) in [5.74, 6) is -4.20. The Labute approximate surface area is 191 Å². The second kappa shape index (κ2) is 23.2. The van der Waals surface area contributed by atoms with Gasteiger partial charge in [-0.25, -0.2) is 0 Å². The molecule has 152 valence electrons. The summed E-state index contributed by atoms with van der Waals surface area (Å²) >= 11 is 0. The van der Waals surface area contributed by atoms with Crippen LogP contribution in [-0.2, 0) is 28.7 Å². The number of unbranched alkanes of at least 4 members (excludes halogenated alkanes) is 6. The van der Waals surface area contributed by atoms with Gasteiger partial charge < -0.3 is 29.3 Å². The Morgan fingerprint density at radius 2 is 0.963 bits per heavy atom. The first-order chi connectivity index (χ1) is 12.3. The molecule has 0 fully saturated rings. The molecule has 27 heavy (non-hydrogen) atoms. The van der Waals surface area contributed by atoms with Crippen LogP contribution in [0.2, 0.25) is 0 Å². The van der Waals surface area contributed by atoms with Gasteiger partial charge in [0.1, 0.15) is 0 Å². The Morgan fingerprint density at radius 3 is 1.22 bits per heavy atom. The zero-order valence-electron chi connectivity index (χ0n) is 16.5. The fourth-order valence-electron chi connectivity index (χ4n) is 1.77. The Morgan fingerprint density at radius 1 is 0.630 bits per heavy atom. The molecule has 0 saturated carbocycles. The van der Waals surface area contributed by atoms with Crippen LogP contribution in [0.25, 0.3) is 0 Å². The normalized spacial score (nSPS) is 9.26. The molecule has 0 atom stereocenters. The van der Waals surface area contributed by atoms with E-state index in [4.69, 9.17) is 0 Å². The van der Waals surface area contributed by atoms with E-state index in [0.29, 0.717) is 13.2 Å². The van der Waals surface area contributed by atoms with Gasteiger partial charge >= 0.3 is 49.7 Å². The molecule has 0 bridgehead atoms. The van der Waals surface area contributed by atoms with Crippen LogP contribution in [0.3, 0.4) is 0 Å². The van der Waals surface area contributed by atoms with Crippen molar-refractivity contribution in [2.24, 2.45) is 0 Å². The van der Waals surface area contributed by atoms with Crippen molar-refractivity contribution in [3.63, 3.8) is 0 Å². The molecule has 0 radical (unpaired) electrons. The molecule has 0 aromatic rings. The van der Waals surface area contributed by atoms with Crippen LogP contribution in [-0.4, -0.2) is 74.8 Å². The molecule has 0 aliphatic carbocycles. The van der Waals surface area contributed by atoms with Gasteiger partial charge in [-0.05, 0) is 12.8 Å². The zero-order valence-corrected chi connectivity index (χ0v) is 18.7. The fourth-order valence-corrected chi connectivity index (χ4v) is 1.77. The smallest absolute Gasteiger partial charge is 0.550 e. The number of carboxylic acid groups (broad SMARTS) is 2. The standard InChI is InChI=1S/2C9H16O4.Ca/c2*1-2-3-4-5-6-13-9(12)7-8(10)11;/h2*2-7H2,1H3,(H,10,11);/q;;+2/p-2. The molecule has 0 aromatic heterocycles. The van der Waals surface area contributed by atoms with Gasteiger partial charge in [0.05, 0.1) is 38.0 Å². The molecule has 0 aromatic carbocycles. The van der Waals surface area contributed by atoms with Crippen LogP contribution in [0.1, 0.15) is 78.1 Å². The van der Waals surface area contributed by atoms with Crippen molar-refractivity contribution >= 4 is 61.6 Å². The minimum Gasteiger partial charge on any atom is -0.550 e. The maximum Gasteiger partial charge on any atom is 2.00 e. The Hall–Kier alpha value is -0.860. The summed E-state index contributed by atoms with van der Waals surface area (Å²) in [7, 11) is 0. The third-order valence-corrected chi connectivity index (χ3v) is 3.10. The van der Waals surface area contributed by atoms with E-state index in [1.807, 2.05) is 0 Å². The maximum atomic E-state index is 10.6. The molecule has 0 rings (SSSR count). The van der Waals surface area contributed by atoms with E-state index in [2.05, 4.69) is 23.3 Å². The molecular weight excluding hydrogens is 384 g/mol. The van der Waals surface area contributed by atoms with E-state index < -0.39 is 36.7 Å². The summed E-state index contributed by atoms with van der Waals surface area (Å²) in [6.45, 7) is 4.79. The first kappa shape index (κ1) is 30.9. The number of hydrogen-bond acceptors (Lipinski definition) is 8. The van der Waals surface area contributed by atoms with Crippen molar-refractivity contribution in [3.8, 4) is 0 Å². The van der Waals surface area contributed by atoms with Gasteiger partial charge in [0, 0.05) is 0 Å². The topological polar surface area (TPSA) is 133 Å². The third-order valence-electron chi connectivity index (χ3n) is 3.10. The summed E-state index contributed by atoms with van der Waals surface area (Å²) < 4.78 is 9.28. The number of carbonyl (C=O) groups excluding carboxylic acids is 4.